The molecule has 0 saturated heterocycles. The number of hydrogen-bond acceptors (Lipinski definition) is 1. The average molecular weight is 286 g/mol. The van der Waals surface area contributed by atoms with Gasteiger partial charge in [0.2, 0.25) is 0 Å². The lowest BCUT2D eigenvalue weighted by Crippen LogP contribution is -2.26. The van der Waals surface area contributed by atoms with Crippen molar-refractivity contribution in [2.24, 2.45) is 11.3 Å². The van der Waals surface area contributed by atoms with E-state index in [1.807, 2.05) is 6.07 Å². The predicted octanol–water partition coefficient (Wildman–Crippen LogP) is 4.68. The van der Waals surface area contributed by atoms with Crippen LogP contribution in [0.15, 0.2) is 18.2 Å². The SMILES string of the molecule is CC(C)CNCCC(C)(C)Cc1ccc(F)c(Cl)c1. The summed E-state index contributed by atoms with van der Waals surface area (Å²) in [4.78, 5) is 0. The molecule has 1 aromatic carbocycles. The second-order valence-corrected chi connectivity index (χ2v) is 6.84. The fraction of sp³-hybridized carbons (Fsp3) is 0.625. The number of rotatable bonds is 7. The zero-order chi connectivity index (χ0) is 14.5. The number of benzene rings is 1. The quantitative estimate of drug-likeness (QED) is 0.717. The first-order valence-electron chi connectivity index (χ1n) is 6.95. The Morgan fingerprint density at radius 3 is 2.58 bits per heavy atom. The monoisotopic (exact) mass is 285 g/mol. The van der Waals surface area contributed by atoms with E-state index >= 15 is 0 Å². The lowest BCUT2D eigenvalue weighted by molar-refractivity contribution is 0.322. The zero-order valence-electron chi connectivity index (χ0n) is 12.4. The van der Waals surface area contributed by atoms with Gasteiger partial charge in [-0.05, 0) is 55.0 Å². The molecule has 0 atom stereocenters. The molecule has 0 bridgehead atoms. The fourth-order valence-corrected chi connectivity index (χ4v) is 2.31. The molecule has 0 saturated carbocycles. The lowest BCUT2D eigenvalue weighted by atomic mass is 9.82. The summed E-state index contributed by atoms with van der Waals surface area (Å²) in [5, 5.41) is 3.68. The van der Waals surface area contributed by atoms with Crippen molar-refractivity contribution >= 4 is 11.6 Å². The van der Waals surface area contributed by atoms with E-state index in [2.05, 4.69) is 33.0 Å². The Balaban J connectivity index is 2.46. The highest BCUT2D eigenvalue weighted by atomic mass is 35.5. The Labute approximate surface area is 121 Å². The second kappa shape index (κ2) is 7.25. The van der Waals surface area contributed by atoms with Crippen molar-refractivity contribution in [2.75, 3.05) is 13.1 Å². The van der Waals surface area contributed by atoms with Crippen LogP contribution < -0.4 is 5.32 Å². The van der Waals surface area contributed by atoms with Gasteiger partial charge in [-0.1, -0.05) is 45.4 Å². The zero-order valence-corrected chi connectivity index (χ0v) is 13.1. The maximum absolute atomic E-state index is 13.1. The Morgan fingerprint density at radius 1 is 1.32 bits per heavy atom. The summed E-state index contributed by atoms with van der Waals surface area (Å²) in [6.07, 6.45) is 2.01. The molecule has 1 nitrogen and oxygen atoms in total. The summed E-state index contributed by atoms with van der Waals surface area (Å²) >= 11 is 5.82. The normalized spacial score (nSPS) is 12.2. The molecule has 1 N–H and O–H groups in total. The van der Waals surface area contributed by atoms with Crippen molar-refractivity contribution in [3.05, 3.63) is 34.6 Å². The molecule has 0 unspecified atom stereocenters. The van der Waals surface area contributed by atoms with Crippen molar-refractivity contribution in [1.29, 1.82) is 0 Å². The maximum Gasteiger partial charge on any atom is 0.141 e. The third-order valence-electron chi connectivity index (χ3n) is 3.20. The molecule has 108 valence electrons. The summed E-state index contributed by atoms with van der Waals surface area (Å²) in [7, 11) is 0. The molecule has 0 aliphatic rings. The van der Waals surface area contributed by atoms with Gasteiger partial charge in [-0.15, -0.1) is 0 Å². The van der Waals surface area contributed by atoms with Crippen LogP contribution in [0.4, 0.5) is 4.39 Å². The van der Waals surface area contributed by atoms with Crippen molar-refractivity contribution in [1.82, 2.24) is 5.32 Å². The van der Waals surface area contributed by atoms with Gasteiger partial charge in [0, 0.05) is 0 Å². The fourth-order valence-electron chi connectivity index (χ4n) is 2.11. The van der Waals surface area contributed by atoms with E-state index in [-0.39, 0.29) is 16.3 Å². The first kappa shape index (κ1) is 16.5. The first-order valence-corrected chi connectivity index (χ1v) is 7.32. The molecule has 1 aromatic rings. The van der Waals surface area contributed by atoms with Crippen LogP contribution >= 0.6 is 11.6 Å². The summed E-state index contributed by atoms with van der Waals surface area (Å²) in [5.41, 5.74) is 1.28. The van der Waals surface area contributed by atoms with Gasteiger partial charge >= 0.3 is 0 Å². The molecule has 3 heteroatoms. The average Bonchev–Trinajstić information content (AvgIpc) is 2.29. The highest BCUT2D eigenvalue weighted by Crippen LogP contribution is 2.27. The molecule has 0 aliphatic carbocycles. The first-order chi connectivity index (χ1) is 8.80. The van der Waals surface area contributed by atoms with Gasteiger partial charge in [0.15, 0.2) is 0 Å². The maximum atomic E-state index is 13.1. The van der Waals surface area contributed by atoms with Crippen LogP contribution in [-0.2, 0) is 6.42 Å². The molecule has 0 aliphatic heterocycles. The number of halogens is 2. The molecule has 0 radical (unpaired) electrons. The molecular formula is C16H25ClFN. The smallest absolute Gasteiger partial charge is 0.141 e. The van der Waals surface area contributed by atoms with Crippen molar-refractivity contribution in [2.45, 2.75) is 40.5 Å². The van der Waals surface area contributed by atoms with Gasteiger partial charge in [0.1, 0.15) is 5.82 Å². The van der Waals surface area contributed by atoms with E-state index in [0.29, 0.717) is 5.92 Å². The van der Waals surface area contributed by atoms with Gasteiger partial charge in [0.25, 0.3) is 0 Å². The highest BCUT2D eigenvalue weighted by molar-refractivity contribution is 6.30. The Hall–Kier alpha value is -0.600. The van der Waals surface area contributed by atoms with Gasteiger partial charge in [-0.25, -0.2) is 4.39 Å². The topological polar surface area (TPSA) is 12.0 Å². The molecule has 0 spiro atoms. The Kier molecular flexibility index (Phi) is 6.28. The van der Waals surface area contributed by atoms with E-state index < -0.39 is 0 Å². The molecule has 0 amide bonds. The molecule has 19 heavy (non-hydrogen) atoms. The van der Waals surface area contributed by atoms with Gasteiger partial charge in [-0.2, -0.15) is 0 Å². The summed E-state index contributed by atoms with van der Waals surface area (Å²) in [5.74, 6) is 0.334. The van der Waals surface area contributed by atoms with Crippen LogP contribution in [0.1, 0.15) is 39.7 Å². The third-order valence-corrected chi connectivity index (χ3v) is 3.49. The lowest BCUT2D eigenvalue weighted by Gasteiger charge is -2.25. The van der Waals surface area contributed by atoms with E-state index in [9.17, 15) is 4.39 Å². The van der Waals surface area contributed by atoms with E-state index in [0.717, 1.165) is 31.5 Å². The Bertz CT molecular complexity index is 402. The summed E-state index contributed by atoms with van der Waals surface area (Å²) in [6, 6.07) is 5.01. The minimum atomic E-state index is -0.346. The molecular weight excluding hydrogens is 261 g/mol. The Morgan fingerprint density at radius 2 is 2.00 bits per heavy atom. The molecule has 0 heterocycles. The summed E-state index contributed by atoms with van der Waals surface area (Å²) in [6.45, 7) is 11.0. The van der Waals surface area contributed by atoms with E-state index in [4.69, 9.17) is 11.6 Å². The van der Waals surface area contributed by atoms with Crippen LogP contribution in [0.3, 0.4) is 0 Å². The third kappa shape index (κ3) is 6.40. The van der Waals surface area contributed by atoms with Crippen molar-refractivity contribution in [3.63, 3.8) is 0 Å². The second-order valence-electron chi connectivity index (χ2n) is 6.44. The molecule has 0 aromatic heterocycles. The standard InChI is InChI=1S/C16H25ClFN/c1-12(2)11-19-8-7-16(3,4)10-13-5-6-15(18)14(17)9-13/h5-6,9,12,19H,7-8,10-11H2,1-4H3. The number of hydrogen-bond donors (Lipinski definition) is 1. The van der Waals surface area contributed by atoms with Crippen molar-refractivity contribution < 1.29 is 4.39 Å². The van der Waals surface area contributed by atoms with E-state index in [1.165, 1.54) is 6.07 Å². The summed E-state index contributed by atoms with van der Waals surface area (Å²) < 4.78 is 13.1. The van der Waals surface area contributed by atoms with Crippen LogP contribution in [0, 0.1) is 17.2 Å². The largest absolute Gasteiger partial charge is 0.316 e. The van der Waals surface area contributed by atoms with Gasteiger partial charge in [0.05, 0.1) is 5.02 Å². The molecule has 0 fully saturated rings. The molecule has 1 rings (SSSR count). The van der Waals surface area contributed by atoms with Gasteiger partial charge in [-0.3, -0.25) is 0 Å². The van der Waals surface area contributed by atoms with E-state index in [1.54, 1.807) is 6.07 Å². The van der Waals surface area contributed by atoms with Gasteiger partial charge < -0.3 is 5.32 Å². The van der Waals surface area contributed by atoms with Crippen LogP contribution in [0.5, 0.6) is 0 Å². The van der Waals surface area contributed by atoms with Crippen LogP contribution in [0.25, 0.3) is 0 Å². The minimum Gasteiger partial charge on any atom is -0.316 e. The number of nitrogens with one attached hydrogen (secondary N) is 1. The van der Waals surface area contributed by atoms with Crippen molar-refractivity contribution in [3.8, 4) is 0 Å². The minimum absolute atomic E-state index is 0.186. The van der Waals surface area contributed by atoms with Crippen LogP contribution in [-0.4, -0.2) is 13.1 Å². The predicted molar refractivity (Wildman–Crippen MR) is 81.2 cm³/mol. The highest BCUT2D eigenvalue weighted by Gasteiger charge is 2.18. The van der Waals surface area contributed by atoms with Crippen LogP contribution in [0.2, 0.25) is 5.02 Å².